The van der Waals surface area contributed by atoms with Crippen molar-refractivity contribution in [2.45, 2.75) is 10.1 Å². The van der Waals surface area contributed by atoms with Crippen LogP contribution in [0, 0.1) is 0 Å². The standard InChI is InChI=1S/C23H19N5O4S2/c1-32-18-8-6-17(7-9-18)28-21(16-10-12-24-13-11-16)25-26-23(28)33-15-14-27-22(29)19-4-2-3-5-20(19)34(27,30)31/h2-13H,14-15H2,1H3. The van der Waals surface area contributed by atoms with Crippen molar-refractivity contribution in [1.29, 1.82) is 0 Å². The van der Waals surface area contributed by atoms with E-state index in [2.05, 4.69) is 15.2 Å². The number of hydrogen-bond acceptors (Lipinski definition) is 8. The number of sulfonamides is 1. The first-order valence-electron chi connectivity index (χ1n) is 10.3. The van der Waals surface area contributed by atoms with Gasteiger partial charge in [0.15, 0.2) is 11.0 Å². The fourth-order valence-corrected chi connectivity index (χ4v) is 6.25. The molecule has 3 heterocycles. The highest BCUT2D eigenvalue weighted by Crippen LogP contribution is 2.32. The maximum absolute atomic E-state index is 12.8. The van der Waals surface area contributed by atoms with Crippen LogP contribution >= 0.6 is 11.8 Å². The number of methoxy groups -OCH3 is 1. The second-order valence-electron chi connectivity index (χ2n) is 7.30. The van der Waals surface area contributed by atoms with Crippen molar-refractivity contribution < 1.29 is 17.9 Å². The topological polar surface area (TPSA) is 107 Å². The number of fused-ring (bicyclic) bond motifs is 1. The van der Waals surface area contributed by atoms with Gasteiger partial charge in [-0.3, -0.25) is 14.3 Å². The van der Waals surface area contributed by atoms with Crippen molar-refractivity contribution >= 4 is 27.7 Å². The Hall–Kier alpha value is -3.70. The van der Waals surface area contributed by atoms with Crippen LogP contribution in [0.5, 0.6) is 5.75 Å². The van der Waals surface area contributed by atoms with E-state index in [1.54, 1.807) is 31.6 Å². The number of amides is 1. The van der Waals surface area contributed by atoms with Gasteiger partial charge in [-0.1, -0.05) is 23.9 Å². The third-order valence-corrected chi connectivity index (χ3v) is 8.09. The molecule has 0 radical (unpaired) electrons. The third-order valence-electron chi connectivity index (χ3n) is 5.34. The number of aromatic nitrogens is 4. The lowest BCUT2D eigenvalue weighted by molar-refractivity contribution is 0.0876. The van der Waals surface area contributed by atoms with E-state index in [-0.39, 0.29) is 17.0 Å². The summed E-state index contributed by atoms with van der Waals surface area (Å²) in [5.41, 5.74) is 1.85. The molecule has 0 fully saturated rings. The summed E-state index contributed by atoms with van der Waals surface area (Å²) in [6, 6.07) is 17.4. The van der Waals surface area contributed by atoms with E-state index in [9.17, 15) is 13.2 Å². The number of carbonyl (C=O) groups is 1. The molecule has 11 heteroatoms. The number of rotatable bonds is 7. The van der Waals surface area contributed by atoms with E-state index >= 15 is 0 Å². The summed E-state index contributed by atoms with van der Waals surface area (Å²) in [6.07, 6.45) is 3.35. The number of thioether (sulfide) groups is 1. The molecule has 1 aliphatic rings. The number of ether oxygens (including phenoxy) is 1. The van der Waals surface area contributed by atoms with Crippen molar-refractivity contribution in [1.82, 2.24) is 24.1 Å². The van der Waals surface area contributed by atoms with E-state index in [4.69, 9.17) is 4.74 Å². The highest BCUT2D eigenvalue weighted by Gasteiger charge is 2.40. The smallest absolute Gasteiger partial charge is 0.269 e. The van der Waals surface area contributed by atoms with E-state index < -0.39 is 15.9 Å². The maximum Gasteiger partial charge on any atom is 0.269 e. The van der Waals surface area contributed by atoms with E-state index in [1.165, 1.54) is 23.9 Å². The molecule has 2 aromatic heterocycles. The van der Waals surface area contributed by atoms with Gasteiger partial charge in [0.2, 0.25) is 0 Å². The Kier molecular flexibility index (Phi) is 5.80. The zero-order valence-corrected chi connectivity index (χ0v) is 19.7. The molecule has 172 valence electrons. The Morgan fingerprint density at radius 1 is 0.971 bits per heavy atom. The molecule has 0 spiro atoms. The minimum absolute atomic E-state index is 0.0145. The highest BCUT2D eigenvalue weighted by molar-refractivity contribution is 7.99. The number of nitrogens with zero attached hydrogens (tertiary/aromatic N) is 5. The van der Waals surface area contributed by atoms with Crippen molar-refractivity contribution in [3.05, 3.63) is 78.6 Å². The Labute approximate surface area is 200 Å². The van der Waals surface area contributed by atoms with E-state index in [1.807, 2.05) is 41.0 Å². The predicted octanol–water partition coefficient (Wildman–Crippen LogP) is 3.27. The molecular weight excluding hydrogens is 474 g/mol. The summed E-state index contributed by atoms with van der Waals surface area (Å²) in [4.78, 5) is 16.8. The average molecular weight is 494 g/mol. The minimum atomic E-state index is -3.85. The van der Waals surface area contributed by atoms with Gasteiger partial charge in [-0.2, -0.15) is 0 Å². The van der Waals surface area contributed by atoms with Gasteiger partial charge in [-0.15, -0.1) is 10.2 Å². The van der Waals surface area contributed by atoms with Crippen LogP contribution in [0.25, 0.3) is 17.1 Å². The number of carbonyl (C=O) groups excluding carboxylic acids is 1. The van der Waals surface area contributed by atoms with E-state index in [0.717, 1.165) is 15.6 Å². The van der Waals surface area contributed by atoms with Crippen molar-refractivity contribution in [3.63, 3.8) is 0 Å². The predicted molar refractivity (Wildman–Crippen MR) is 127 cm³/mol. The van der Waals surface area contributed by atoms with Crippen LogP contribution in [-0.2, 0) is 10.0 Å². The number of hydrogen-bond donors (Lipinski definition) is 0. The summed E-state index contributed by atoms with van der Waals surface area (Å²) in [6.45, 7) is 0.0145. The van der Waals surface area contributed by atoms with Crippen molar-refractivity contribution in [2.75, 3.05) is 19.4 Å². The zero-order valence-electron chi connectivity index (χ0n) is 18.0. The first-order valence-corrected chi connectivity index (χ1v) is 12.7. The zero-order chi connectivity index (χ0) is 23.7. The molecule has 0 N–H and O–H groups in total. The van der Waals surface area contributed by atoms with Crippen LogP contribution in [0.3, 0.4) is 0 Å². The molecule has 0 aliphatic carbocycles. The number of pyridine rings is 1. The fourth-order valence-electron chi connectivity index (χ4n) is 3.69. The van der Waals surface area contributed by atoms with Crippen LogP contribution < -0.4 is 4.74 Å². The summed E-state index contributed by atoms with van der Waals surface area (Å²) in [5, 5.41) is 9.28. The molecule has 0 atom stereocenters. The molecular formula is C23H19N5O4S2. The Bertz CT molecular complexity index is 1450. The first kappa shape index (κ1) is 22.1. The molecule has 0 unspecified atom stereocenters. The van der Waals surface area contributed by atoms with E-state index in [0.29, 0.717) is 22.5 Å². The van der Waals surface area contributed by atoms with Gasteiger partial charge < -0.3 is 4.74 Å². The quantitative estimate of drug-likeness (QED) is 0.361. The third kappa shape index (κ3) is 3.82. The SMILES string of the molecule is COc1ccc(-n2c(SCCN3C(=O)c4ccccc4S3(=O)=O)nnc2-c2ccncc2)cc1. The molecule has 0 saturated carbocycles. The second kappa shape index (κ2) is 8.92. The van der Waals surface area contributed by atoms with Crippen LogP contribution in [0.4, 0.5) is 0 Å². The lowest BCUT2D eigenvalue weighted by Gasteiger charge is -2.15. The lowest BCUT2D eigenvalue weighted by atomic mass is 10.2. The van der Waals surface area contributed by atoms with Crippen LogP contribution in [-0.4, -0.2) is 57.8 Å². The highest BCUT2D eigenvalue weighted by atomic mass is 32.2. The molecule has 0 bridgehead atoms. The van der Waals surface area contributed by atoms with Gasteiger partial charge >= 0.3 is 0 Å². The maximum atomic E-state index is 12.8. The largest absolute Gasteiger partial charge is 0.497 e. The average Bonchev–Trinajstić information content (AvgIpc) is 3.38. The Morgan fingerprint density at radius 3 is 2.41 bits per heavy atom. The van der Waals surface area contributed by atoms with Crippen molar-refractivity contribution in [3.8, 4) is 22.8 Å². The first-order chi connectivity index (χ1) is 16.5. The Morgan fingerprint density at radius 2 is 1.71 bits per heavy atom. The fraction of sp³-hybridized carbons (Fsp3) is 0.130. The molecule has 2 aromatic carbocycles. The summed E-state index contributed by atoms with van der Waals surface area (Å²) in [7, 11) is -2.25. The summed E-state index contributed by atoms with van der Waals surface area (Å²) >= 11 is 1.32. The second-order valence-corrected chi connectivity index (χ2v) is 10.2. The van der Waals surface area contributed by atoms with Gasteiger partial charge in [0.1, 0.15) is 10.6 Å². The molecule has 0 saturated heterocycles. The van der Waals surface area contributed by atoms with Crippen LogP contribution in [0.1, 0.15) is 10.4 Å². The van der Waals surface area contributed by atoms with Gasteiger partial charge in [-0.05, 0) is 48.5 Å². The minimum Gasteiger partial charge on any atom is -0.497 e. The Balaban J connectivity index is 1.42. The lowest BCUT2D eigenvalue weighted by Crippen LogP contribution is -2.32. The number of benzene rings is 2. The van der Waals surface area contributed by atoms with Crippen LogP contribution in [0.15, 0.2) is 83.1 Å². The van der Waals surface area contributed by atoms with Gasteiger partial charge in [0, 0.05) is 35.9 Å². The normalized spacial score (nSPS) is 14.3. The molecule has 34 heavy (non-hydrogen) atoms. The molecule has 5 rings (SSSR count). The van der Waals surface area contributed by atoms with Gasteiger partial charge in [0.05, 0.1) is 12.7 Å². The van der Waals surface area contributed by atoms with Crippen molar-refractivity contribution in [2.24, 2.45) is 0 Å². The summed E-state index contributed by atoms with van der Waals surface area (Å²) in [5.74, 6) is 1.13. The molecule has 9 nitrogen and oxygen atoms in total. The van der Waals surface area contributed by atoms with Gasteiger partial charge in [-0.25, -0.2) is 12.7 Å². The molecule has 1 amide bonds. The molecule has 1 aliphatic heterocycles. The van der Waals surface area contributed by atoms with Gasteiger partial charge in [0.25, 0.3) is 15.9 Å². The monoisotopic (exact) mass is 493 g/mol. The summed E-state index contributed by atoms with van der Waals surface area (Å²) < 4.78 is 33.7. The molecule has 4 aromatic rings. The van der Waals surface area contributed by atoms with Crippen LogP contribution in [0.2, 0.25) is 0 Å².